The molecule has 0 aliphatic carbocycles. The number of hydrogen-bond acceptors (Lipinski definition) is 4. The van der Waals surface area contributed by atoms with E-state index in [9.17, 15) is 13.9 Å². The van der Waals surface area contributed by atoms with Crippen molar-refractivity contribution in [2.75, 3.05) is 0 Å². The fourth-order valence-corrected chi connectivity index (χ4v) is 3.40. The Hall–Kier alpha value is -2.61. The molecule has 2 aromatic heterocycles. The van der Waals surface area contributed by atoms with Crippen molar-refractivity contribution < 1.29 is 13.9 Å². The lowest BCUT2D eigenvalue weighted by Gasteiger charge is -2.34. The number of fused-ring (bicyclic) bond motifs is 1. The van der Waals surface area contributed by atoms with Crippen LogP contribution in [0.5, 0.6) is 0 Å². The zero-order valence-electron chi connectivity index (χ0n) is 15.9. The number of aromatic amines is 1. The van der Waals surface area contributed by atoms with Gasteiger partial charge in [-0.2, -0.15) is 5.10 Å². The smallest absolute Gasteiger partial charge is 0.153 e. The van der Waals surface area contributed by atoms with Crippen LogP contribution < -0.4 is 0 Å². The van der Waals surface area contributed by atoms with Gasteiger partial charge in [-0.25, -0.2) is 13.8 Å². The predicted molar refractivity (Wildman–Crippen MR) is 115 cm³/mol. The maximum Gasteiger partial charge on any atom is 0.153 e. The van der Waals surface area contributed by atoms with Gasteiger partial charge in [0.1, 0.15) is 23.6 Å². The largest absolute Gasteiger partial charge is 0.384 e. The van der Waals surface area contributed by atoms with E-state index < -0.39 is 11.5 Å². The van der Waals surface area contributed by atoms with E-state index in [1.165, 1.54) is 30.6 Å². The first-order chi connectivity index (χ1) is 13.5. The molecule has 0 radical (unpaired) electrons. The first-order valence-electron chi connectivity index (χ1n) is 8.85. The van der Waals surface area contributed by atoms with Crippen LogP contribution in [0.2, 0.25) is 0 Å². The SMILES string of the molecule is CC(c1ccc2cc(F)ccc2n1)C(O)(Cc1nc[nH]n1)c1ccc(F)cc1.Cl.Cl. The lowest BCUT2D eigenvalue weighted by atomic mass is 9.77. The van der Waals surface area contributed by atoms with Gasteiger partial charge in [-0.1, -0.05) is 25.1 Å². The summed E-state index contributed by atoms with van der Waals surface area (Å²) in [4.78, 5) is 8.72. The Balaban J connectivity index is 0.00000160. The minimum atomic E-state index is -1.42. The molecule has 2 aromatic carbocycles. The van der Waals surface area contributed by atoms with Crippen molar-refractivity contribution in [3.05, 3.63) is 89.6 Å². The number of aromatic nitrogens is 4. The van der Waals surface area contributed by atoms with Gasteiger partial charge in [0.05, 0.1) is 5.52 Å². The summed E-state index contributed by atoms with van der Waals surface area (Å²) < 4.78 is 26.9. The maximum atomic E-state index is 13.4. The molecule has 4 aromatic rings. The van der Waals surface area contributed by atoms with Gasteiger partial charge in [-0.3, -0.25) is 10.1 Å². The zero-order valence-corrected chi connectivity index (χ0v) is 17.6. The van der Waals surface area contributed by atoms with Crippen molar-refractivity contribution in [1.29, 1.82) is 0 Å². The van der Waals surface area contributed by atoms with E-state index in [1.807, 2.05) is 6.92 Å². The zero-order chi connectivity index (χ0) is 19.7. The van der Waals surface area contributed by atoms with Gasteiger partial charge in [0.2, 0.25) is 0 Å². The van der Waals surface area contributed by atoms with Crippen LogP contribution >= 0.6 is 24.8 Å². The molecular formula is C21H20Cl2F2N4O. The molecule has 2 unspecified atom stereocenters. The van der Waals surface area contributed by atoms with Gasteiger partial charge in [0, 0.05) is 23.4 Å². The number of pyridine rings is 1. The topological polar surface area (TPSA) is 74.7 Å². The third-order valence-electron chi connectivity index (χ3n) is 5.07. The van der Waals surface area contributed by atoms with Gasteiger partial charge in [-0.15, -0.1) is 24.8 Å². The van der Waals surface area contributed by atoms with Crippen molar-refractivity contribution in [2.45, 2.75) is 24.9 Å². The highest BCUT2D eigenvalue weighted by atomic mass is 35.5. The van der Waals surface area contributed by atoms with Gasteiger partial charge in [0.15, 0.2) is 5.82 Å². The first kappa shape index (κ1) is 23.7. The number of rotatable bonds is 5. The van der Waals surface area contributed by atoms with Crippen LogP contribution in [0.3, 0.4) is 0 Å². The van der Waals surface area contributed by atoms with E-state index in [2.05, 4.69) is 20.2 Å². The molecule has 0 saturated heterocycles. The minimum absolute atomic E-state index is 0. The van der Waals surface area contributed by atoms with Crippen LogP contribution in [-0.4, -0.2) is 25.3 Å². The molecule has 9 heteroatoms. The lowest BCUT2D eigenvalue weighted by molar-refractivity contribution is 0.00963. The van der Waals surface area contributed by atoms with E-state index in [-0.39, 0.29) is 42.9 Å². The molecular weight excluding hydrogens is 433 g/mol. The number of H-pyrrole nitrogens is 1. The molecule has 0 spiro atoms. The highest BCUT2D eigenvalue weighted by molar-refractivity contribution is 5.85. The van der Waals surface area contributed by atoms with Crippen molar-refractivity contribution >= 4 is 35.7 Å². The van der Waals surface area contributed by atoms with Crippen molar-refractivity contribution in [2.24, 2.45) is 0 Å². The molecule has 2 atom stereocenters. The van der Waals surface area contributed by atoms with Crippen LogP contribution in [0.1, 0.15) is 29.9 Å². The average Bonchev–Trinajstić information content (AvgIpc) is 3.20. The highest BCUT2D eigenvalue weighted by Crippen LogP contribution is 2.39. The molecule has 0 aliphatic rings. The van der Waals surface area contributed by atoms with Crippen molar-refractivity contribution in [1.82, 2.24) is 20.2 Å². The molecule has 2 heterocycles. The summed E-state index contributed by atoms with van der Waals surface area (Å²) in [6.45, 7) is 1.84. The van der Waals surface area contributed by atoms with Gasteiger partial charge < -0.3 is 5.11 Å². The Kier molecular flexibility index (Phi) is 7.47. The molecule has 0 amide bonds. The van der Waals surface area contributed by atoms with E-state index in [0.29, 0.717) is 28.0 Å². The maximum absolute atomic E-state index is 13.4. The Bertz CT molecular complexity index is 1110. The number of halogens is 4. The minimum Gasteiger partial charge on any atom is -0.384 e. The standard InChI is InChI=1S/C21H18F2N4O.2ClH/c1-13(18-8-2-14-10-17(23)7-9-19(14)26-18)21(28,11-20-24-12-25-27-20)15-3-5-16(22)6-4-15;;/h2-10,12-13,28H,11H2,1H3,(H,24,25,27);2*1H. The van der Waals surface area contributed by atoms with E-state index in [1.54, 1.807) is 30.3 Å². The molecule has 158 valence electrons. The summed E-state index contributed by atoms with van der Waals surface area (Å²) in [5.41, 5.74) is 0.370. The Labute approximate surface area is 184 Å². The molecule has 4 rings (SSSR count). The van der Waals surface area contributed by atoms with Crippen molar-refractivity contribution in [3.8, 4) is 0 Å². The second-order valence-corrected chi connectivity index (χ2v) is 6.82. The number of benzene rings is 2. The second kappa shape index (κ2) is 9.47. The fourth-order valence-electron chi connectivity index (χ4n) is 3.40. The number of nitrogens with zero attached hydrogens (tertiary/aromatic N) is 3. The fraction of sp³-hybridized carbons (Fsp3) is 0.190. The molecule has 30 heavy (non-hydrogen) atoms. The third-order valence-corrected chi connectivity index (χ3v) is 5.07. The number of aliphatic hydroxyl groups is 1. The summed E-state index contributed by atoms with van der Waals surface area (Å²) in [6, 6.07) is 13.6. The normalized spacial score (nSPS) is 13.7. The predicted octanol–water partition coefficient (Wildman–Crippen LogP) is 4.71. The molecule has 5 nitrogen and oxygen atoms in total. The van der Waals surface area contributed by atoms with Crippen LogP contribution in [0, 0.1) is 11.6 Å². The van der Waals surface area contributed by atoms with Crippen LogP contribution in [0.15, 0.2) is 60.9 Å². The molecule has 0 aliphatic heterocycles. The van der Waals surface area contributed by atoms with Crippen LogP contribution in [0.4, 0.5) is 8.78 Å². The quantitative estimate of drug-likeness (QED) is 0.459. The van der Waals surface area contributed by atoms with E-state index in [4.69, 9.17) is 0 Å². The monoisotopic (exact) mass is 452 g/mol. The highest BCUT2D eigenvalue weighted by Gasteiger charge is 2.39. The summed E-state index contributed by atoms with van der Waals surface area (Å²) in [7, 11) is 0. The van der Waals surface area contributed by atoms with E-state index >= 15 is 0 Å². The van der Waals surface area contributed by atoms with Crippen LogP contribution in [-0.2, 0) is 12.0 Å². The number of nitrogens with one attached hydrogen (secondary N) is 1. The molecule has 0 fully saturated rings. The lowest BCUT2D eigenvalue weighted by Crippen LogP contribution is -2.35. The van der Waals surface area contributed by atoms with Gasteiger partial charge in [0.25, 0.3) is 0 Å². The summed E-state index contributed by atoms with van der Waals surface area (Å²) in [5.74, 6) is -0.752. The average molecular weight is 453 g/mol. The molecule has 2 N–H and O–H groups in total. The van der Waals surface area contributed by atoms with Gasteiger partial charge in [-0.05, 0) is 42.0 Å². The first-order valence-corrected chi connectivity index (χ1v) is 8.85. The third kappa shape index (κ3) is 4.59. The van der Waals surface area contributed by atoms with E-state index in [0.717, 1.165) is 0 Å². The molecule has 0 bridgehead atoms. The number of hydrogen-bond donors (Lipinski definition) is 2. The second-order valence-electron chi connectivity index (χ2n) is 6.82. The van der Waals surface area contributed by atoms with Crippen molar-refractivity contribution in [3.63, 3.8) is 0 Å². The van der Waals surface area contributed by atoms with Gasteiger partial charge >= 0.3 is 0 Å². The summed E-state index contributed by atoms with van der Waals surface area (Å²) in [5, 5.41) is 19.0. The Morgan fingerprint density at radius 3 is 2.37 bits per heavy atom. The molecule has 0 saturated carbocycles. The Morgan fingerprint density at radius 1 is 1.00 bits per heavy atom. The summed E-state index contributed by atoms with van der Waals surface area (Å²) in [6.07, 6.45) is 1.56. The van der Waals surface area contributed by atoms with Crippen LogP contribution in [0.25, 0.3) is 10.9 Å². The summed E-state index contributed by atoms with van der Waals surface area (Å²) >= 11 is 0. The Morgan fingerprint density at radius 2 is 1.70 bits per heavy atom.